The van der Waals surface area contributed by atoms with E-state index in [-0.39, 0.29) is 6.10 Å². The number of rotatable bonds is 5. The molecule has 0 aliphatic carbocycles. The third-order valence-corrected chi connectivity index (χ3v) is 3.91. The molecule has 0 amide bonds. The van der Waals surface area contributed by atoms with E-state index < -0.39 is 0 Å². The minimum absolute atomic E-state index is 0.235. The molecule has 0 unspecified atom stereocenters. The molecule has 1 N–H and O–H groups in total. The molecular weight excluding hydrogens is 236 g/mol. The number of hydrogen-bond acceptors (Lipinski definition) is 6. The van der Waals surface area contributed by atoms with E-state index in [2.05, 4.69) is 34.4 Å². The summed E-state index contributed by atoms with van der Waals surface area (Å²) in [4.78, 5) is 2.26. The maximum Gasteiger partial charge on any atom is 0.206 e. The summed E-state index contributed by atoms with van der Waals surface area (Å²) in [5.41, 5.74) is 0. The zero-order valence-electron chi connectivity index (χ0n) is 10.6. The molecule has 0 saturated carbocycles. The van der Waals surface area contributed by atoms with Crippen molar-refractivity contribution in [3.63, 3.8) is 0 Å². The number of likely N-dealkylation sites (tertiary alicyclic amines) is 1. The zero-order valence-corrected chi connectivity index (χ0v) is 11.5. The lowest BCUT2D eigenvalue weighted by Gasteiger charge is -2.17. The predicted octanol–water partition coefficient (Wildman–Crippen LogP) is 1.23. The van der Waals surface area contributed by atoms with Crippen molar-refractivity contribution in [1.29, 1.82) is 0 Å². The van der Waals surface area contributed by atoms with Gasteiger partial charge in [0.05, 0.1) is 12.1 Å². The van der Waals surface area contributed by atoms with E-state index in [0.29, 0.717) is 6.04 Å². The fraction of sp³-hybridized carbons (Fsp3) is 0.818. The highest BCUT2D eigenvalue weighted by Crippen LogP contribution is 2.21. The van der Waals surface area contributed by atoms with Gasteiger partial charge in [-0.05, 0) is 13.5 Å². The van der Waals surface area contributed by atoms with Crippen molar-refractivity contribution in [3.8, 4) is 0 Å². The van der Waals surface area contributed by atoms with Crippen molar-refractivity contribution in [1.82, 2.24) is 15.1 Å². The maximum absolute atomic E-state index is 5.47. The Balaban J connectivity index is 1.94. The molecule has 96 valence electrons. The SMILES string of the molecule is CCCc1nnc(N[C@H]2CN(C)C[C@@H]2OC)s1. The molecule has 0 aromatic carbocycles. The van der Waals surface area contributed by atoms with Crippen molar-refractivity contribution in [3.05, 3.63) is 5.01 Å². The summed E-state index contributed by atoms with van der Waals surface area (Å²) in [6.45, 7) is 4.11. The lowest BCUT2D eigenvalue weighted by molar-refractivity contribution is 0.104. The monoisotopic (exact) mass is 256 g/mol. The second-order valence-electron chi connectivity index (χ2n) is 4.50. The van der Waals surface area contributed by atoms with Crippen LogP contribution in [0.15, 0.2) is 0 Å². The first-order valence-electron chi connectivity index (χ1n) is 6.03. The Morgan fingerprint density at radius 2 is 2.29 bits per heavy atom. The molecule has 1 aliphatic heterocycles. The topological polar surface area (TPSA) is 50.3 Å². The van der Waals surface area contributed by atoms with E-state index in [1.165, 1.54) is 0 Å². The number of hydrogen-bond donors (Lipinski definition) is 1. The average Bonchev–Trinajstić information content (AvgIpc) is 2.87. The lowest BCUT2D eigenvalue weighted by atomic mass is 10.2. The highest BCUT2D eigenvalue weighted by atomic mass is 32.1. The van der Waals surface area contributed by atoms with Crippen molar-refractivity contribution in [2.75, 3.05) is 32.6 Å². The van der Waals surface area contributed by atoms with Crippen LogP contribution in [0, 0.1) is 0 Å². The molecule has 1 saturated heterocycles. The molecule has 6 heteroatoms. The van der Waals surface area contributed by atoms with Crippen LogP contribution >= 0.6 is 11.3 Å². The Kier molecular flexibility index (Phi) is 4.31. The minimum Gasteiger partial charge on any atom is -0.378 e. The van der Waals surface area contributed by atoms with Crippen LogP contribution < -0.4 is 5.32 Å². The van der Waals surface area contributed by atoms with Crippen LogP contribution in [0.3, 0.4) is 0 Å². The molecular formula is C11H20N4OS. The molecule has 2 heterocycles. The number of ether oxygens (including phenoxy) is 1. The fourth-order valence-corrected chi connectivity index (χ4v) is 3.03. The van der Waals surface area contributed by atoms with Gasteiger partial charge >= 0.3 is 0 Å². The molecule has 5 nitrogen and oxygen atoms in total. The predicted molar refractivity (Wildman–Crippen MR) is 69.6 cm³/mol. The molecule has 2 rings (SSSR count). The van der Waals surface area contributed by atoms with Crippen LogP contribution in [-0.4, -0.2) is 54.5 Å². The summed E-state index contributed by atoms with van der Waals surface area (Å²) in [6, 6.07) is 0.312. The summed E-state index contributed by atoms with van der Waals surface area (Å²) >= 11 is 1.65. The normalized spacial score (nSPS) is 25.4. The van der Waals surface area contributed by atoms with Gasteiger partial charge in [-0.1, -0.05) is 18.3 Å². The zero-order chi connectivity index (χ0) is 12.3. The van der Waals surface area contributed by atoms with Crippen molar-refractivity contribution in [2.24, 2.45) is 0 Å². The van der Waals surface area contributed by atoms with Crippen molar-refractivity contribution in [2.45, 2.75) is 31.9 Å². The highest BCUT2D eigenvalue weighted by Gasteiger charge is 2.31. The molecule has 2 atom stereocenters. The lowest BCUT2D eigenvalue weighted by Crippen LogP contribution is -2.33. The maximum atomic E-state index is 5.47. The Bertz CT molecular complexity index is 357. The summed E-state index contributed by atoms with van der Waals surface area (Å²) < 4.78 is 5.47. The van der Waals surface area contributed by atoms with E-state index in [4.69, 9.17) is 4.74 Å². The van der Waals surface area contributed by atoms with Crippen LogP contribution in [0.4, 0.5) is 5.13 Å². The number of anilines is 1. The van der Waals surface area contributed by atoms with Gasteiger partial charge in [0.25, 0.3) is 0 Å². The first-order valence-corrected chi connectivity index (χ1v) is 6.84. The summed E-state index contributed by atoms with van der Waals surface area (Å²) in [7, 11) is 3.87. The summed E-state index contributed by atoms with van der Waals surface area (Å²) in [6.07, 6.45) is 2.36. The molecule has 1 aromatic rings. The van der Waals surface area contributed by atoms with E-state index in [1.807, 2.05) is 0 Å². The van der Waals surface area contributed by atoms with Gasteiger partial charge in [-0.15, -0.1) is 10.2 Å². The van der Waals surface area contributed by atoms with Gasteiger partial charge in [0, 0.05) is 26.6 Å². The van der Waals surface area contributed by atoms with Crippen LogP contribution in [0.2, 0.25) is 0 Å². The largest absolute Gasteiger partial charge is 0.378 e. The molecule has 1 aliphatic rings. The summed E-state index contributed by atoms with van der Waals surface area (Å²) in [5.74, 6) is 0. The molecule has 0 bridgehead atoms. The molecule has 1 aromatic heterocycles. The van der Waals surface area contributed by atoms with Crippen LogP contribution in [0.1, 0.15) is 18.4 Å². The first-order chi connectivity index (χ1) is 8.22. The van der Waals surface area contributed by atoms with Crippen LogP contribution in [0.25, 0.3) is 0 Å². The van der Waals surface area contributed by atoms with Crippen molar-refractivity contribution < 1.29 is 4.74 Å². The number of nitrogens with one attached hydrogen (secondary N) is 1. The van der Waals surface area contributed by atoms with Gasteiger partial charge in [0.15, 0.2) is 0 Å². The second-order valence-corrected chi connectivity index (χ2v) is 5.56. The number of nitrogens with zero attached hydrogens (tertiary/aromatic N) is 3. The molecule has 0 radical (unpaired) electrons. The van der Waals surface area contributed by atoms with E-state index >= 15 is 0 Å². The molecule has 1 fully saturated rings. The number of methoxy groups -OCH3 is 1. The quantitative estimate of drug-likeness (QED) is 0.859. The Morgan fingerprint density at radius 1 is 1.47 bits per heavy atom. The minimum atomic E-state index is 0.235. The van der Waals surface area contributed by atoms with Gasteiger partial charge in [-0.25, -0.2) is 0 Å². The fourth-order valence-electron chi connectivity index (χ4n) is 2.13. The van der Waals surface area contributed by atoms with Gasteiger partial charge in [0.1, 0.15) is 5.01 Å². The third-order valence-electron chi connectivity index (χ3n) is 2.99. The van der Waals surface area contributed by atoms with Gasteiger partial charge in [-0.2, -0.15) is 0 Å². The van der Waals surface area contributed by atoms with E-state index in [1.54, 1.807) is 18.4 Å². The van der Waals surface area contributed by atoms with Gasteiger partial charge in [0.2, 0.25) is 5.13 Å². The summed E-state index contributed by atoms with van der Waals surface area (Å²) in [5, 5.41) is 13.8. The van der Waals surface area contributed by atoms with E-state index in [0.717, 1.165) is 36.1 Å². The number of likely N-dealkylation sites (N-methyl/N-ethyl adjacent to an activating group) is 1. The van der Waals surface area contributed by atoms with Crippen LogP contribution in [0.5, 0.6) is 0 Å². The second kappa shape index (κ2) is 5.75. The Labute approximate surface area is 106 Å². The first kappa shape index (κ1) is 12.7. The van der Waals surface area contributed by atoms with Crippen LogP contribution in [-0.2, 0) is 11.2 Å². The molecule has 17 heavy (non-hydrogen) atoms. The number of aryl methyl sites for hydroxylation is 1. The van der Waals surface area contributed by atoms with E-state index in [9.17, 15) is 0 Å². The van der Waals surface area contributed by atoms with Crippen molar-refractivity contribution >= 4 is 16.5 Å². The van der Waals surface area contributed by atoms with Gasteiger partial charge in [-0.3, -0.25) is 0 Å². The van der Waals surface area contributed by atoms with Gasteiger partial charge < -0.3 is 15.0 Å². The Morgan fingerprint density at radius 3 is 3.00 bits per heavy atom. The standard InChI is InChI=1S/C11H20N4OS/c1-4-5-10-13-14-11(17-10)12-8-6-15(2)7-9(8)16-3/h8-9H,4-7H2,1-3H3,(H,12,14)/t8-,9-/m0/s1. The average molecular weight is 256 g/mol. The smallest absolute Gasteiger partial charge is 0.206 e. The third kappa shape index (κ3) is 3.14. The molecule has 0 spiro atoms. The highest BCUT2D eigenvalue weighted by molar-refractivity contribution is 7.15. The Hall–Kier alpha value is -0.720. The number of aromatic nitrogens is 2.